The molecule has 0 spiro atoms. The van der Waals surface area contributed by atoms with Gasteiger partial charge in [0.15, 0.2) is 0 Å². The van der Waals surface area contributed by atoms with E-state index in [2.05, 4.69) is 4.99 Å². The van der Waals surface area contributed by atoms with Crippen LogP contribution in [-0.2, 0) is 9.44 Å². The molecule has 1 unspecified atom stereocenters. The molecule has 0 aromatic carbocycles. The fourth-order valence-corrected chi connectivity index (χ4v) is 1.86. The van der Waals surface area contributed by atoms with E-state index in [0.29, 0.717) is 26.7 Å². The maximum absolute atomic E-state index is 10.7. The number of nitrogens with zero attached hydrogens (tertiary/aromatic N) is 1. The van der Waals surface area contributed by atoms with Crippen LogP contribution in [-0.4, -0.2) is 43.0 Å². The van der Waals surface area contributed by atoms with Crippen molar-refractivity contribution in [2.24, 2.45) is 10.4 Å². The summed E-state index contributed by atoms with van der Waals surface area (Å²) in [7, 11) is 0.481. The van der Waals surface area contributed by atoms with Crippen LogP contribution in [0.1, 0.15) is 26.7 Å². The van der Waals surface area contributed by atoms with Gasteiger partial charge in [-0.05, 0) is 0 Å². The van der Waals surface area contributed by atoms with E-state index in [1.807, 2.05) is 6.92 Å². The normalized spacial score (nSPS) is 20.3. The molecule has 1 aliphatic heterocycles. The van der Waals surface area contributed by atoms with Crippen molar-refractivity contribution in [3.05, 3.63) is 0 Å². The molecule has 0 bridgehead atoms. The second-order valence-corrected chi connectivity index (χ2v) is 4.17. The molecule has 0 aromatic rings. The summed E-state index contributed by atoms with van der Waals surface area (Å²) >= 11 is 0. The number of nitrogens with one attached hydrogen (secondary N) is 1. The Morgan fingerprint density at radius 1 is 1.81 bits per heavy atom. The van der Waals surface area contributed by atoms with Crippen molar-refractivity contribution < 1.29 is 14.5 Å². The van der Waals surface area contributed by atoms with Crippen LogP contribution >= 0.6 is 0 Å². The minimum absolute atomic E-state index is 0.111. The third-order valence-electron chi connectivity index (χ3n) is 2.95. The number of hydrogen-bond donors (Lipinski definition) is 2. The van der Waals surface area contributed by atoms with Crippen molar-refractivity contribution in [3.8, 4) is 0 Å². The minimum atomic E-state index is -1.01. The Morgan fingerprint density at radius 2 is 2.50 bits per heavy atom. The molecule has 1 rings (SSSR count). The van der Waals surface area contributed by atoms with Gasteiger partial charge in [0, 0.05) is 0 Å². The molecule has 0 amide bonds. The Hall–Kier alpha value is -1.04. The van der Waals surface area contributed by atoms with E-state index in [4.69, 9.17) is 10.1 Å². The van der Waals surface area contributed by atoms with E-state index < -0.39 is 11.5 Å². The van der Waals surface area contributed by atoms with Gasteiger partial charge in [-0.25, -0.2) is 0 Å². The van der Waals surface area contributed by atoms with Gasteiger partial charge in [0.1, 0.15) is 0 Å². The summed E-state index contributed by atoms with van der Waals surface area (Å²) in [6, 6.07) is 0. The standard InChI is InChI=1S/C10H17BN2O3/c1-3-4-10(2,9(12)11-15)7(14)8-13-5-6-16-8/h7,12,14H,3-6H2,1-2H3/t7?,10-/m0/s1. The summed E-state index contributed by atoms with van der Waals surface area (Å²) in [6.45, 7) is 4.63. The van der Waals surface area contributed by atoms with E-state index in [-0.39, 0.29) is 11.5 Å². The number of rotatable bonds is 6. The first-order chi connectivity index (χ1) is 7.56. The van der Waals surface area contributed by atoms with Gasteiger partial charge in [-0.2, -0.15) is 0 Å². The molecule has 0 fully saturated rings. The van der Waals surface area contributed by atoms with E-state index in [1.165, 1.54) is 0 Å². The van der Waals surface area contributed by atoms with Crippen LogP contribution in [0.25, 0.3) is 0 Å². The van der Waals surface area contributed by atoms with Crippen molar-refractivity contribution in [3.63, 3.8) is 0 Å². The van der Waals surface area contributed by atoms with Gasteiger partial charge >= 0.3 is 95.0 Å². The fraction of sp³-hybridized carbons (Fsp3) is 0.800. The average molecular weight is 224 g/mol. The van der Waals surface area contributed by atoms with Gasteiger partial charge in [0.2, 0.25) is 0 Å². The molecule has 0 saturated carbocycles. The number of aliphatic hydroxyl groups is 1. The first-order valence-electron chi connectivity index (χ1n) is 5.45. The zero-order chi connectivity index (χ0) is 12.2. The molecule has 6 heteroatoms. The Balaban J connectivity index is 2.91. The summed E-state index contributed by atoms with van der Waals surface area (Å²) in [5.41, 5.74) is -1.01. The number of ether oxygens (including phenoxy) is 1. The third-order valence-corrected chi connectivity index (χ3v) is 2.95. The molecular formula is C10H17BN2O3. The Bertz CT molecular complexity index is 319. The zero-order valence-electron chi connectivity index (χ0n) is 9.69. The van der Waals surface area contributed by atoms with Gasteiger partial charge in [0.25, 0.3) is 0 Å². The topological polar surface area (TPSA) is 82.7 Å². The van der Waals surface area contributed by atoms with Crippen molar-refractivity contribution in [1.29, 1.82) is 5.41 Å². The van der Waals surface area contributed by atoms with Crippen LogP contribution in [0.4, 0.5) is 0 Å². The average Bonchev–Trinajstić information content (AvgIpc) is 2.80. The molecular weight excluding hydrogens is 207 g/mol. The van der Waals surface area contributed by atoms with E-state index in [0.717, 1.165) is 6.42 Å². The predicted octanol–water partition coefficient (Wildman–Crippen LogP) is 0.609. The summed E-state index contributed by atoms with van der Waals surface area (Å²) in [6.07, 6.45) is 0.318. The Kier molecular flexibility index (Phi) is 4.35. The van der Waals surface area contributed by atoms with Crippen LogP contribution in [0.5, 0.6) is 0 Å². The number of aliphatic hydroxyl groups excluding tert-OH is 1. The molecule has 88 valence electrons. The van der Waals surface area contributed by atoms with Crippen LogP contribution in [0.3, 0.4) is 0 Å². The van der Waals surface area contributed by atoms with Crippen LogP contribution in [0, 0.1) is 10.8 Å². The van der Waals surface area contributed by atoms with Gasteiger partial charge < -0.3 is 0 Å². The second-order valence-electron chi connectivity index (χ2n) is 4.17. The second kappa shape index (κ2) is 5.34. The van der Waals surface area contributed by atoms with Crippen LogP contribution in [0.2, 0.25) is 0 Å². The molecule has 0 aliphatic carbocycles. The van der Waals surface area contributed by atoms with Crippen molar-refractivity contribution in [2.75, 3.05) is 13.2 Å². The van der Waals surface area contributed by atoms with Crippen LogP contribution < -0.4 is 0 Å². The molecule has 16 heavy (non-hydrogen) atoms. The monoisotopic (exact) mass is 224 g/mol. The molecule has 2 atom stereocenters. The van der Waals surface area contributed by atoms with Crippen molar-refractivity contribution in [1.82, 2.24) is 0 Å². The van der Waals surface area contributed by atoms with E-state index in [1.54, 1.807) is 6.92 Å². The molecule has 0 aromatic heterocycles. The van der Waals surface area contributed by atoms with Gasteiger partial charge in [-0.1, -0.05) is 0 Å². The van der Waals surface area contributed by atoms with Crippen molar-refractivity contribution in [2.45, 2.75) is 32.8 Å². The van der Waals surface area contributed by atoms with Gasteiger partial charge in [0.05, 0.1) is 0 Å². The molecule has 0 saturated heterocycles. The first kappa shape index (κ1) is 13.0. The van der Waals surface area contributed by atoms with Gasteiger partial charge in [-0.15, -0.1) is 0 Å². The third kappa shape index (κ3) is 2.37. The van der Waals surface area contributed by atoms with E-state index in [9.17, 15) is 9.81 Å². The summed E-state index contributed by atoms with van der Waals surface area (Å²) in [5, 5.41) is 17.8. The summed E-state index contributed by atoms with van der Waals surface area (Å²) in [5.74, 6) is 0.252. The first-order valence-corrected chi connectivity index (χ1v) is 5.45. The zero-order valence-corrected chi connectivity index (χ0v) is 9.69. The Morgan fingerprint density at radius 3 is 2.94 bits per heavy atom. The summed E-state index contributed by atoms with van der Waals surface area (Å²) in [4.78, 5) is 4.03. The summed E-state index contributed by atoms with van der Waals surface area (Å²) < 4.78 is 15.9. The molecule has 0 radical (unpaired) electrons. The van der Waals surface area contributed by atoms with Crippen molar-refractivity contribution >= 4 is 18.7 Å². The van der Waals surface area contributed by atoms with Crippen LogP contribution in [0.15, 0.2) is 4.99 Å². The van der Waals surface area contributed by atoms with Gasteiger partial charge in [-0.3, -0.25) is 0 Å². The number of aliphatic imine (C=N–C) groups is 1. The SMILES string of the molecule is CCC[C@](C)(C(=N)B=O)C(O)C1=NCCO1. The quantitative estimate of drug-likeness (QED) is 0.512. The fourth-order valence-electron chi connectivity index (χ4n) is 1.86. The predicted molar refractivity (Wildman–Crippen MR) is 61.4 cm³/mol. The molecule has 1 heterocycles. The Labute approximate surface area is 95.7 Å². The maximum atomic E-state index is 10.7. The number of hydrogen-bond acceptors (Lipinski definition) is 5. The molecule has 1 aliphatic rings. The van der Waals surface area contributed by atoms with E-state index >= 15 is 0 Å². The molecule has 5 nitrogen and oxygen atoms in total. The molecule has 2 N–H and O–H groups in total.